The van der Waals surface area contributed by atoms with E-state index in [1.54, 1.807) is 0 Å². The molecule has 0 bridgehead atoms. The van der Waals surface area contributed by atoms with Crippen LogP contribution in [0.1, 0.15) is 18.2 Å². The van der Waals surface area contributed by atoms with Crippen molar-refractivity contribution in [3.63, 3.8) is 0 Å². The molecule has 0 unspecified atom stereocenters. The molecule has 0 aliphatic carbocycles. The standard InChI is InChI=1S/C8H11NS/c1-3-7-6(2)4-5-8(10)9-7/h4-5H,3H2,1-2H3,(H,9,10). The van der Waals surface area contributed by atoms with Crippen molar-refractivity contribution in [3.05, 3.63) is 23.4 Å². The first-order valence-corrected chi connectivity index (χ1v) is 3.84. The average molecular weight is 153 g/mol. The van der Waals surface area contributed by atoms with Crippen molar-refractivity contribution in [2.45, 2.75) is 25.3 Å². The lowest BCUT2D eigenvalue weighted by atomic mass is 10.2. The molecular formula is C8H11NS. The molecular weight excluding hydrogens is 142 g/mol. The minimum atomic E-state index is 0.808. The zero-order valence-electron chi connectivity index (χ0n) is 6.26. The molecule has 1 aromatic heterocycles. The molecule has 0 N–H and O–H groups in total. The summed E-state index contributed by atoms with van der Waals surface area (Å²) in [6.07, 6.45) is 0.986. The van der Waals surface area contributed by atoms with Crippen molar-refractivity contribution in [2.24, 2.45) is 0 Å². The Bertz CT molecular complexity index is 233. The van der Waals surface area contributed by atoms with Crippen LogP contribution in [0.4, 0.5) is 0 Å². The minimum Gasteiger partial charge on any atom is -0.247 e. The highest BCUT2D eigenvalue weighted by molar-refractivity contribution is 7.80. The highest BCUT2D eigenvalue weighted by Gasteiger charge is 1.95. The second kappa shape index (κ2) is 3.06. The summed E-state index contributed by atoms with van der Waals surface area (Å²) in [7, 11) is 0. The first kappa shape index (κ1) is 7.61. The van der Waals surface area contributed by atoms with Crippen LogP contribution in [0.2, 0.25) is 0 Å². The fourth-order valence-electron chi connectivity index (χ4n) is 0.917. The summed E-state index contributed by atoms with van der Waals surface area (Å²) in [6, 6.07) is 3.96. The van der Waals surface area contributed by atoms with Gasteiger partial charge in [-0.2, -0.15) is 0 Å². The highest BCUT2D eigenvalue weighted by Crippen LogP contribution is 2.08. The summed E-state index contributed by atoms with van der Waals surface area (Å²) in [5.41, 5.74) is 2.40. The molecule has 1 rings (SSSR count). The van der Waals surface area contributed by atoms with Gasteiger partial charge in [0.25, 0.3) is 0 Å². The van der Waals surface area contributed by atoms with Crippen LogP contribution in [0.15, 0.2) is 17.2 Å². The lowest BCUT2D eigenvalue weighted by molar-refractivity contribution is 0.952. The van der Waals surface area contributed by atoms with Crippen molar-refractivity contribution in [3.8, 4) is 0 Å². The van der Waals surface area contributed by atoms with E-state index >= 15 is 0 Å². The van der Waals surface area contributed by atoms with Crippen molar-refractivity contribution in [1.29, 1.82) is 0 Å². The van der Waals surface area contributed by atoms with Gasteiger partial charge >= 0.3 is 0 Å². The van der Waals surface area contributed by atoms with Gasteiger partial charge in [-0.1, -0.05) is 13.0 Å². The van der Waals surface area contributed by atoms with Crippen LogP contribution in [0.5, 0.6) is 0 Å². The maximum atomic E-state index is 4.26. The molecule has 0 aliphatic heterocycles. The number of hydrogen-bond donors (Lipinski definition) is 1. The van der Waals surface area contributed by atoms with Gasteiger partial charge in [-0.25, -0.2) is 4.98 Å². The molecule has 0 fully saturated rings. The molecule has 0 amide bonds. The summed E-state index contributed by atoms with van der Waals surface area (Å²) in [6.45, 7) is 4.17. The monoisotopic (exact) mass is 153 g/mol. The zero-order chi connectivity index (χ0) is 7.56. The number of nitrogens with zero attached hydrogens (tertiary/aromatic N) is 1. The number of rotatable bonds is 1. The van der Waals surface area contributed by atoms with E-state index in [1.165, 1.54) is 5.56 Å². The van der Waals surface area contributed by atoms with Gasteiger partial charge in [-0.15, -0.1) is 12.6 Å². The quantitative estimate of drug-likeness (QED) is 0.610. The molecule has 0 aliphatic rings. The summed E-state index contributed by atoms with van der Waals surface area (Å²) >= 11 is 4.14. The van der Waals surface area contributed by atoms with E-state index in [9.17, 15) is 0 Å². The van der Waals surface area contributed by atoms with Crippen molar-refractivity contribution >= 4 is 12.6 Å². The van der Waals surface area contributed by atoms with Gasteiger partial charge in [-0.3, -0.25) is 0 Å². The predicted octanol–water partition coefficient (Wildman–Crippen LogP) is 2.24. The van der Waals surface area contributed by atoms with Crippen LogP contribution >= 0.6 is 12.6 Å². The number of pyridine rings is 1. The first-order chi connectivity index (χ1) is 4.74. The van der Waals surface area contributed by atoms with E-state index in [4.69, 9.17) is 0 Å². The molecule has 0 saturated heterocycles. The third-order valence-corrected chi connectivity index (χ3v) is 1.77. The van der Waals surface area contributed by atoms with E-state index in [1.807, 2.05) is 12.1 Å². The van der Waals surface area contributed by atoms with E-state index in [0.717, 1.165) is 17.1 Å². The third-order valence-electron chi connectivity index (χ3n) is 1.52. The molecule has 54 valence electrons. The molecule has 0 radical (unpaired) electrons. The van der Waals surface area contributed by atoms with Gasteiger partial charge in [0.2, 0.25) is 0 Å². The number of aromatic nitrogens is 1. The summed E-state index contributed by atoms with van der Waals surface area (Å²) < 4.78 is 0. The van der Waals surface area contributed by atoms with Crippen molar-refractivity contribution < 1.29 is 0 Å². The zero-order valence-corrected chi connectivity index (χ0v) is 7.15. The molecule has 10 heavy (non-hydrogen) atoms. The Kier molecular flexibility index (Phi) is 2.33. The van der Waals surface area contributed by atoms with Crippen LogP contribution in [0, 0.1) is 6.92 Å². The SMILES string of the molecule is CCc1nc(S)ccc1C. The van der Waals surface area contributed by atoms with Gasteiger partial charge in [0.05, 0.1) is 5.03 Å². The second-order valence-corrected chi connectivity index (χ2v) is 2.74. The Morgan fingerprint density at radius 1 is 1.50 bits per heavy atom. The third kappa shape index (κ3) is 1.51. The van der Waals surface area contributed by atoms with E-state index < -0.39 is 0 Å². The molecule has 2 heteroatoms. The summed E-state index contributed by atoms with van der Waals surface area (Å²) in [5.74, 6) is 0. The van der Waals surface area contributed by atoms with Gasteiger partial charge in [0.1, 0.15) is 0 Å². The lowest BCUT2D eigenvalue weighted by Gasteiger charge is -2.00. The van der Waals surface area contributed by atoms with Gasteiger partial charge in [0.15, 0.2) is 0 Å². The van der Waals surface area contributed by atoms with Crippen LogP contribution in [0.3, 0.4) is 0 Å². The smallest absolute Gasteiger partial charge is 0.0932 e. The Morgan fingerprint density at radius 3 is 2.70 bits per heavy atom. The molecule has 1 nitrogen and oxygen atoms in total. The van der Waals surface area contributed by atoms with Crippen molar-refractivity contribution in [1.82, 2.24) is 4.98 Å². The lowest BCUT2D eigenvalue weighted by Crippen LogP contribution is -1.91. The van der Waals surface area contributed by atoms with E-state index in [-0.39, 0.29) is 0 Å². The number of aryl methyl sites for hydroxylation is 2. The fraction of sp³-hybridized carbons (Fsp3) is 0.375. The van der Waals surface area contributed by atoms with Crippen LogP contribution in [-0.2, 0) is 6.42 Å². The highest BCUT2D eigenvalue weighted by atomic mass is 32.1. The Hall–Kier alpha value is -0.500. The normalized spacial score (nSPS) is 9.90. The van der Waals surface area contributed by atoms with Gasteiger partial charge in [-0.05, 0) is 25.0 Å². The van der Waals surface area contributed by atoms with E-state index in [0.29, 0.717) is 0 Å². The Labute approximate surface area is 66.9 Å². The second-order valence-electron chi connectivity index (χ2n) is 2.29. The predicted molar refractivity (Wildman–Crippen MR) is 45.6 cm³/mol. The van der Waals surface area contributed by atoms with E-state index in [2.05, 4.69) is 31.5 Å². The molecule has 1 aromatic rings. The maximum Gasteiger partial charge on any atom is 0.0932 e. The first-order valence-electron chi connectivity index (χ1n) is 3.39. The molecule has 1 heterocycles. The average Bonchev–Trinajstić information content (AvgIpc) is 1.94. The minimum absolute atomic E-state index is 0.808. The largest absolute Gasteiger partial charge is 0.247 e. The Balaban J connectivity index is 3.09. The van der Waals surface area contributed by atoms with Crippen LogP contribution in [-0.4, -0.2) is 4.98 Å². The fourth-order valence-corrected chi connectivity index (χ4v) is 1.11. The van der Waals surface area contributed by atoms with Crippen LogP contribution < -0.4 is 0 Å². The van der Waals surface area contributed by atoms with Gasteiger partial charge < -0.3 is 0 Å². The maximum absolute atomic E-state index is 4.26. The van der Waals surface area contributed by atoms with Crippen LogP contribution in [0.25, 0.3) is 0 Å². The number of hydrogen-bond acceptors (Lipinski definition) is 2. The topological polar surface area (TPSA) is 12.9 Å². The molecule has 0 aromatic carbocycles. The molecule has 0 spiro atoms. The summed E-state index contributed by atoms with van der Waals surface area (Å²) in [5, 5.41) is 0.808. The van der Waals surface area contributed by atoms with Crippen molar-refractivity contribution in [2.75, 3.05) is 0 Å². The molecule has 0 atom stereocenters. The molecule has 0 saturated carbocycles. The van der Waals surface area contributed by atoms with Gasteiger partial charge in [0, 0.05) is 5.69 Å². The number of thiol groups is 1. The Morgan fingerprint density at radius 2 is 2.20 bits per heavy atom. The summed E-state index contributed by atoms with van der Waals surface area (Å²) in [4.78, 5) is 4.26.